The second-order valence-electron chi connectivity index (χ2n) is 16.2. The fourth-order valence-electron chi connectivity index (χ4n) is 7.47. The zero-order valence-corrected chi connectivity index (χ0v) is 32.4. The molecular weight excluding hydrogens is 729 g/mol. The molecule has 1 saturated heterocycles. The highest BCUT2D eigenvalue weighted by atomic mass is 32.2. The molecule has 55 heavy (non-hydrogen) atoms. The number of carbonyl (C=O) groups excluding carboxylic acids is 4. The number of aromatic nitrogens is 2. The summed E-state index contributed by atoms with van der Waals surface area (Å²) in [5.41, 5.74) is -0.907. The maximum Gasteiger partial charge on any atom is 0.408 e. The lowest BCUT2D eigenvalue weighted by Crippen LogP contribution is -2.68. The lowest BCUT2D eigenvalue weighted by Gasteiger charge is -2.39. The van der Waals surface area contributed by atoms with E-state index in [0.717, 1.165) is 32.1 Å². The van der Waals surface area contributed by atoms with Crippen molar-refractivity contribution < 1.29 is 41.8 Å². The van der Waals surface area contributed by atoms with Gasteiger partial charge in [0, 0.05) is 12.5 Å². The largest absolute Gasteiger partial charge is 0.497 e. The number of nitrogens with one attached hydrogen (secondary N) is 3. The van der Waals surface area contributed by atoms with Crippen LogP contribution in [0.5, 0.6) is 11.6 Å². The summed E-state index contributed by atoms with van der Waals surface area (Å²) < 4.78 is 45.4. The third kappa shape index (κ3) is 7.94. The smallest absolute Gasteiger partial charge is 0.408 e. The summed E-state index contributed by atoms with van der Waals surface area (Å²) in [5.74, 6) is 3.35. The predicted molar refractivity (Wildman–Crippen MR) is 200 cm³/mol. The van der Waals surface area contributed by atoms with E-state index in [1.54, 1.807) is 33.9 Å². The fraction of sp³-hybridized carbons (Fsp3) is 0.590. The van der Waals surface area contributed by atoms with Crippen molar-refractivity contribution in [2.45, 2.75) is 114 Å². The number of benzene rings is 1. The number of methoxy groups -OCH3 is 1. The van der Waals surface area contributed by atoms with Crippen molar-refractivity contribution in [1.29, 1.82) is 0 Å². The molecule has 15 nitrogen and oxygen atoms in total. The van der Waals surface area contributed by atoms with Crippen LogP contribution in [0.2, 0.25) is 0 Å². The minimum atomic E-state index is -3.98. The van der Waals surface area contributed by atoms with Crippen molar-refractivity contribution in [2.24, 2.45) is 17.3 Å². The number of sulfonamides is 1. The van der Waals surface area contributed by atoms with Gasteiger partial charge in [0.05, 0.1) is 35.9 Å². The van der Waals surface area contributed by atoms with Gasteiger partial charge in [0.2, 0.25) is 27.7 Å². The molecular formula is C39H48N6O9S. The molecule has 2 aromatic rings. The molecule has 0 radical (unpaired) electrons. The number of nitrogens with zero attached hydrogens (tertiary/aromatic N) is 3. The summed E-state index contributed by atoms with van der Waals surface area (Å²) in [4.78, 5) is 67.0. The van der Waals surface area contributed by atoms with Gasteiger partial charge in [-0.15, -0.1) is 6.58 Å². The fourth-order valence-corrected chi connectivity index (χ4v) is 8.81. The van der Waals surface area contributed by atoms with Crippen molar-refractivity contribution in [1.82, 2.24) is 30.2 Å². The Kier molecular flexibility index (Phi) is 10.2. The number of alkyl carbamates (subject to hydrolysis) is 1. The molecule has 2 bridgehead atoms. The van der Waals surface area contributed by atoms with Gasteiger partial charge in [-0.2, -0.15) is 0 Å². The Labute approximate surface area is 320 Å². The van der Waals surface area contributed by atoms with Gasteiger partial charge in [0.25, 0.3) is 5.91 Å². The number of aryl methyl sites for hydroxylation is 1. The zero-order chi connectivity index (χ0) is 39.3. The molecule has 16 heteroatoms. The van der Waals surface area contributed by atoms with Crippen LogP contribution in [0.25, 0.3) is 11.0 Å². The van der Waals surface area contributed by atoms with Gasteiger partial charge in [-0.25, -0.2) is 27.9 Å². The van der Waals surface area contributed by atoms with E-state index in [-0.39, 0.29) is 30.9 Å². The highest BCUT2D eigenvalue weighted by Crippen LogP contribution is 2.39. The molecule has 3 heterocycles. The Balaban J connectivity index is 1.23. The van der Waals surface area contributed by atoms with Crippen LogP contribution in [0, 0.1) is 29.1 Å². The van der Waals surface area contributed by atoms with Gasteiger partial charge in [0.1, 0.15) is 35.7 Å². The van der Waals surface area contributed by atoms with E-state index >= 15 is 0 Å². The molecule has 2 aliphatic heterocycles. The van der Waals surface area contributed by atoms with Gasteiger partial charge in [-0.05, 0) is 62.0 Å². The maximum atomic E-state index is 14.6. The van der Waals surface area contributed by atoms with Crippen LogP contribution in [0.15, 0.2) is 30.9 Å². The van der Waals surface area contributed by atoms with Gasteiger partial charge in [-0.3, -0.25) is 14.4 Å². The van der Waals surface area contributed by atoms with E-state index in [0.29, 0.717) is 41.7 Å². The monoisotopic (exact) mass is 776 g/mol. The van der Waals surface area contributed by atoms with Crippen LogP contribution in [0.4, 0.5) is 4.79 Å². The van der Waals surface area contributed by atoms with Gasteiger partial charge < -0.3 is 29.7 Å². The van der Waals surface area contributed by atoms with E-state index < -0.39 is 74.1 Å². The third-order valence-corrected chi connectivity index (χ3v) is 12.8. The standard InChI is InChI=1S/C39H48N6O9S/c1-6-23-16-17-39(23,36(48)44-55(50,51)26-13-14-26)43-33(46)30-20-25-21-45(30)35(47)32(38(2,3)4)42-37(49)54-31-18-22(31)10-8-7-9-11-28-34(53-25)41-29-19-24(52-5)12-15-27(29)40-28/h6,12,15,19,22-23,25-26,30-32H,1,7-11,13-14,18,20-21H2,2-5H3,(H,42,49)(H,43,46)(H,44,48). The first-order valence-electron chi connectivity index (χ1n) is 18.9. The minimum Gasteiger partial charge on any atom is -0.497 e. The van der Waals surface area contributed by atoms with E-state index in [1.807, 2.05) is 12.1 Å². The van der Waals surface area contributed by atoms with Crippen LogP contribution >= 0.6 is 0 Å². The summed E-state index contributed by atoms with van der Waals surface area (Å²) in [6, 6.07) is 3.07. The summed E-state index contributed by atoms with van der Waals surface area (Å²) in [5, 5.41) is 4.79. The number of rotatable bonds is 7. The quantitative estimate of drug-likeness (QED) is 0.277. The Morgan fingerprint density at radius 3 is 2.55 bits per heavy atom. The predicted octanol–water partition coefficient (Wildman–Crippen LogP) is 2.92. The molecule has 3 fully saturated rings. The average molecular weight is 777 g/mol. The molecule has 7 unspecified atom stereocenters. The molecule has 0 spiro atoms. The number of amides is 4. The third-order valence-electron chi connectivity index (χ3n) is 11.0. The van der Waals surface area contributed by atoms with Gasteiger partial charge in [-0.1, -0.05) is 51.5 Å². The normalized spacial score (nSPS) is 29.6. The molecule has 4 amide bonds. The van der Waals surface area contributed by atoms with E-state index in [9.17, 15) is 27.6 Å². The highest BCUT2D eigenvalue weighted by Gasteiger charge is 2.54. The van der Waals surface area contributed by atoms with Crippen LogP contribution in [0.3, 0.4) is 0 Å². The molecule has 7 rings (SSSR count). The Hall–Kier alpha value is -4.91. The Morgan fingerprint density at radius 2 is 1.87 bits per heavy atom. The molecule has 3 N–H and O–H groups in total. The molecule has 2 saturated carbocycles. The van der Waals surface area contributed by atoms with Crippen LogP contribution in [-0.4, -0.2) is 95.8 Å². The lowest BCUT2D eigenvalue weighted by atomic mass is 9.76. The number of hydrogen-bond acceptors (Lipinski definition) is 11. The zero-order valence-electron chi connectivity index (χ0n) is 31.6. The molecule has 294 valence electrons. The maximum absolute atomic E-state index is 14.6. The van der Waals surface area contributed by atoms with Crippen LogP contribution < -0.4 is 24.8 Å². The Bertz CT molecular complexity index is 2090. The van der Waals surface area contributed by atoms with E-state index in [2.05, 4.69) is 33.8 Å². The first-order valence-corrected chi connectivity index (χ1v) is 20.5. The molecule has 5 aliphatic rings. The van der Waals surface area contributed by atoms with Crippen molar-refractivity contribution >= 4 is 44.9 Å². The van der Waals surface area contributed by atoms with Crippen molar-refractivity contribution in [2.75, 3.05) is 13.7 Å². The lowest BCUT2D eigenvalue weighted by molar-refractivity contribution is -0.143. The molecule has 3 aliphatic carbocycles. The summed E-state index contributed by atoms with van der Waals surface area (Å²) in [7, 11) is -2.42. The SMILES string of the molecule is C=CC1C#CC1(NC(=O)C1CC2CN1C(=O)C(C(C)(C)C)NC(=O)OC1CC1CCCCCc1nc3ccc(OC)cc3nc1O2)C(=O)NS(=O)(=O)C1CC1. The van der Waals surface area contributed by atoms with Crippen molar-refractivity contribution in [3.8, 4) is 23.5 Å². The molecule has 1 aromatic carbocycles. The number of hydrogen-bond donors (Lipinski definition) is 3. The first kappa shape index (κ1) is 38.4. The highest BCUT2D eigenvalue weighted by molar-refractivity contribution is 7.91. The molecule has 7 atom stereocenters. The van der Waals surface area contributed by atoms with Crippen molar-refractivity contribution in [3.05, 3.63) is 36.5 Å². The second-order valence-corrected chi connectivity index (χ2v) is 18.2. The second kappa shape index (κ2) is 14.6. The van der Waals surface area contributed by atoms with Crippen LogP contribution in [0.1, 0.15) is 77.8 Å². The van der Waals surface area contributed by atoms with E-state index in [4.69, 9.17) is 24.2 Å². The number of ether oxygens (including phenoxy) is 3. The summed E-state index contributed by atoms with van der Waals surface area (Å²) in [6.45, 7) is 9.06. The number of carbonyl (C=O) groups is 4. The number of fused-ring (bicyclic) bond motifs is 5. The van der Waals surface area contributed by atoms with Crippen molar-refractivity contribution in [3.63, 3.8) is 0 Å². The van der Waals surface area contributed by atoms with Gasteiger partial charge in [0.15, 0.2) is 5.54 Å². The Morgan fingerprint density at radius 1 is 1.09 bits per heavy atom. The topological polar surface area (TPSA) is 195 Å². The average Bonchev–Trinajstić information content (AvgIpc) is 4.05. The molecule has 1 aromatic heterocycles. The van der Waals surface area contributed by atoms with Crippen LogP contribution in [-0.2, 0) is 35.6 Å². The van der Waals surface area contributed by atoms with E-state index in [1.165, 1.54) is 11.0 Å². The van der Waals surface area contributed by atoms with Gasteiger partial charge >= 0.3 is 6.09 Å². The minimum absolute atomic E-state index is 0.0236. The summed E-state index contributed by atoms with van der Waals surface area (Å²) in [6.07, 6.45) is 5.38. The summed E-state index contributed by atoms with van der Waals surface area (Å²) >= 11 is 0. The first-order chi connectivity index (χ1) is 26.1.